The quantitative estimate of drug-likeness (QED) is 0.169. The molecule has 0 N–H and O–H groups in total. The summed E-state index contributed by atoms with van der Waals surface area (Å²) in [5, 5.41) is 19.7. The number of benzene rings is 7. The van der Waals surface area contributed by atoms with Crippen LogP contribution in [0.1, 0.15) is 64.8 Å². The Labute approximate surface area is 328 Å². The number of nitriles is 1. The standard InChI is InChI=1S/C13H17NO.C13H11N.C11H8Cl2.C11H9F/c1-5-11(6-2)13-9(3)7-8-12(14-15)10(13)4;1-9-6-7-11-4-3-5-12(8-14)13(11)10(9)2;1-7-9(12)6-5-8-3-2-4-10(13)11(7)8;1-8-4-2-5-9-6-3-7-10(12)11(8)9/h5,7-8H,6H2,1-4H3;3-7H,1-2H3;2-6H,1H3;2-7H,1H3/b11-5-;;;. The van der Waals surface area contributed by atoms with Crippen molar-refractivity contribution >= 4 is 66.8 Å². The molecule has 7 aromatic rings. The molecule has 0 aliphatic heterocycles. The molecule has 0 unspecified atom stereocenters. The van der Waals surface area contributed by atoms with Crippen molar-refractivity contribution < 1.29 is 4.39 Å². The average molecular weight is 756 g/mol. The van der Waals surface area contributed by atoms with E-state index in [0.717, 1.165) is 71.0 Å². The number of fused-ring (bicyclic) bond motifs is 3. The molecule has 0 amide bonds. The van der Waals surface area contributed by atoms with Gasteiger partial charge in [-0.05, 0) is 151 Å². The van der Waals surface area contributed by atoms with Crippen LogP contribution in [0.5, 0.6) is 0 Å². The molecule has 0 atom stereocenters. The first-order valence-corrected chi connectivity index (χ1v) is 18.6. The number of halogens is 3. The second kappa shape index (κ2) is 19.1. The fourth-order valence-electron chi connectivity index (χ4n) is 6.67. The van der Waals surface area contributed by atoms with Gasteiger partial charge in [-0.25, -0.2) is 4.39 Å². The molecule has 6 heteroatoms. The fourth-order valence-corrected chi connectivity index (χ4v) is 7.15. The minimum absolute atomic E-state index is 0.134. The molecule has 54 heavy (non-hydrogen) atoms. The fraction of sp³-hybridized carbons (Fsp3) is 0.188. The van der Waals surface area contributed by atoms with E-state index < -0.39 is 0 Å². The lowest BCUT2D eigenvalue weighted by atomic mass is 9.93. The Morgan fingerprint density at radius 2 is 1.22 bits per heavy atom. The van der Waals surface area contributed by atoms with Gasteiger partial charge in [-0.2, -0.15) is 5.26 Å². The van der Waals surface area contributed by atoms with Crippen LogP contribution in [0, 0.1) is 63.6 Å². The lowest BCUT2D eigenvalue weighted by molar-refractivity contribution is 0.639. The highest BCUT2D eigenvalue weighted by Gasteiger charge is 2.11. The lowest BCUT2D eigenvalue weighted by Gasteiger charge is -2.13. The molecular weight excluding hydrogens is 710 g/mol. The zero-order valence-corrected chi connectivity index (χ0v) is 33.6. The number of hydrogen-bond acceptors (Lipinski definition) is 3. The first-order valence-electron chi connectivity index (χ1n) is 17.8. The minimum atomic E-state index is -0.134. The molecule has 0 radical (unpaired) electrons. The molecule has 0 heterocycles. The number of rotatable bonds is 3. The van der Waals surface area contributed by atoms with Crippen LogP contribution in [0.4, 0.5) is 10.1 Å². The Bertz CT molecular complexity index is 2490. The van der Waals surface area contributed by atoms with Crippen molar-refractivity contribution in [2.45, 2.75) is 61.8 Å². The second-order valence-electron chi connectivity index (χ2n) is 13.1. The highest BCUT2D eigenvalue weighted by molar-refractivity contribution is 6.37. The Morgan fingerprint density at radius 1 is 0.648 bits per heavy atom. The van der Waals surface area contributed by atoms with Crippen LogP contribution >= 0.6 is 23.2 Å². The summed E-state index contributed by atoms with van der Waals surface area (Å²) >= 11 is 12.1. The topological polar surface area (TPSA) is 53.2 Å². The van der Waals surface area contributed by atoms with E-state index >= 15 is 0 Å². The second-order valence-corrected chi connectivity index (χ2v) is 13.9. The van der Waals surface area contributed by atoms with Crippen LogP contribution in [0.3, 0.4) is 0 Å². The SMILES string of the molecule is C/C=C(/CC)c1c(C)ccc(N=O)c1C.Cc1c(Cl)ccc2cccc(Cl)c12.Cc1ccc2cccc(C#N)c2c1C.Cc1cccc2cccc(F)c12. The molecule has 0 saturated heterocycles. The van der Waals surface area contributed by atoms with E-state index in [0.29, 0.717) is 5.69 Å². The molecular formula is C48H45Cl2FN2O. The van der Waals surface area contributed by atoms with Gasteiger partial charge < -0.3 is 0 Å². The largest absolute Gasteiger partial charge is 0.206 e. The van der Waals surface area contributed by atoms with Gasteiger partial charge >= 0.3 is 0 Å². The van der Waals surface area contributed by atoms with E-state index in [1.54, 1.807) is 12.1 Å². The van der Waals surface area contributed by atoms with Crippen LogP contribution in [-0.2, 0) is 0 Å². The van der Waals surface area contributed by atoms with E-state index in [2.05, 4.69) is 57.1 Å². The van der Waals surface area contributed by atoms with Crippen molar-refractivity contribution in [3.8, 4) is 6.07 Å². The van der Waals surface area contributed by atoms with Gasteiger partial charge in [0.2, 0.25) is 0 Å². The van der Waals surface area contributed by atoms with Crippen molar-refractivity contribution in [2.75, 3.05) is 0 Å². The Balaban J connectivity index is 0.000000161. The molecule has 0 saturated carbocycles. The third kappa shape index (κ3) is 9.41. The summed E-state index contributed by atoms with van der Waals surface area (Å²) in [6, 6.07) is 36.7. The van der Waals surface area contributed by atoms with E-state index in [-0.39, 0.29) is 5.82 Å². The summed E-state index contributed by atoms with van der Waals surface area (Å²) < 4.78 is 13.2. The molecule has 7 aromatic carbocycles. The molecule has 0 aromatic heterocycles. The van der Waals surface area contributed by atoms with Crippen molar-refractivity contribution in [3.05, 3.63) is 181 Å². The molecule has 0 bridgehead atoms. The lowest BCUT2D eigenvalue weighted by Crippen LogP contribution is -1.92. The Kier molecular flexibility index (Phi) is 14.7. The van der Waals surface area contributed by atoms with E-state index in [4.69, 9.17) is 28.5 Å². The van der Waals surface area contributed by atoms with Gasteiger partial charge in [0.1, 0.15) is 11.5 Å². The predicted octanol–water partition coefficient (Wildman–Crippen LogP) is 15.6. The minimum Gasteiger partial charge on any atom is -0.206 e. The van der Waals surface area contributed by atoms with Gasteiger partial charge in [-0.3, -0.25) is 0 Å². The number of allylic oxidation sites excluding steroid dienone is 2. The number of nitroso groups, excluding NO2 is 1. The molecule has 3 nitrogen and oxygen atoms in total. The maximum absolute atomic E-state index is 13.2. The maximum Gasteiger partial charge on any atom is 0.131 e. The number of nitrogens with zero attached hydrogens (tertiary/aromatic N) is 2. The third-order valence-corrected chi connectivity index (χ3v) is 10.5. The molecule has 0 aliphatic rings. The molecule has 0 fully saturated rings. The molecule has 274 valence electrons. The van der Waals surface area contributed by atoms with Crippen molar-refractivity contribution in [2.24, 2.45) is 5.18 Å². The van der Waals surface area contributed by atoms with Gasteiger partial charge in [-0.15, -0.1) is 4.91 Å². The van der Waals surface area contributed by atoms with Crippen LogP contribution in [-0.4, -0.2) is 0 Å². The average Bonchev–Trinajstić information content (AvgIpc) is 3.17. The summed E-state index contributed by atoms with van der Waals surface area (Å²) in [4.78, 5) is 10.6. The Morgan fingerprint density at radius 3 is 1.83 bits per heavy atom. The van der Waals surface area contributed by atoms with E-state index in [1.807, 2.05) is 107 Å². The summed E-state index contributed by atoms with van der Waals surface area (Å²) in [5.74, 6) is -0.134. The van der Waals surface area contributed by atoms with Crippen LogP contribution in [0.2, 0.25) is 10.0 Å². The smallest absolute Gasteiger partial charge is 0.131 e. The zero-order valence-electron chi connectivity index (χ0n) is 32.1. The van der Waals surface area contributed by atoms with Gasteiger partial charge in [0.25, 0.3) is 0 Å². The van der Waals surface area contributed by atoms with Crippen LogP contribution < -0.4 is 0 Å². The molecule has 7 rings (SSSR count). The molecule has 0 spiro atoms. The first-order chi connectivity index (χ1) is 25.9. The number of hydrogen-bond donors (Lipinski definition) is 0. The summed E-state index contributed by atoms with van der Waals surface area (Å²) in [6.07, 6.45) is 3.07. The van der Waals surface area contributed by atoms with Gasteiger partial charge in [0, 0.05) is 26.2 Å². The van der Waals surface area contributed by atoms with Gasteiger partial charge in [0.15, 0.2) is 0 Å². The summed E-state index contributed by atoms with van der Waals surface area (Å²) in [5.41, 5.74) is 10.4. The van der Waals surface area contributed by atoms with Crippen molar-refractivity contribution in [1.82, 2.24) is 0 Å². The maximum atomic E-state index is 13.2. The molecule has 0 aliphatic carbocycles. The monoisotopic (exact) mass is 754 g/mol. The third-order valence-electron chi connectivity index (χ3n) is 9.74. The van der Waals surface area contributed by atoms with Gasteiger partial charge in [-0.1, -0.05) is 115 Å². The summed E-state index contributed by atoms with van der Waals surface area (Å²) in [6.45, 7) is 16.2. The normalized spacial score (nSPS) is 10.7. The van der Waals surface area contributed by atoms with E-state index in [1.165, 1.54) is 33.9 Å². The van der Waals surface area contributed by atoms with E-state index in [9.17, 15) is 9.30 Å². The van der Waals surface area contributed by atoms with Crippen molar-refractivity contribution in [3.63, 3.8) is 0 Å². The van der Waals surface area contributed by atoms with Crippen LogP contribution in [0.15, 0.2) is 120 Å². The summed E-state index contributed by atoms with van der Waals surface area (Å²) in [7, 11) is 0. The number of aryl methyl sites for hydroxylation is 5. The van der Waals surface area contributed by atoms with Crippen LogP contribution in [0.25, 0.3) is 37.9 Å². The van der Waals surface area contributed by atoms with Gasteiger partial charge in [0.05, 0.1) is 11.6 Å². The predicted molar refractivity (Wildman–Crippen MR) is 231 cm³/mol. The van der Waals surface area contributed by atoms with Crippen molar-refractivity contribution in [1.29, 1.82) is 5.26 Å². The first kappa shape index (κ1) is 41.4. The highest BCUT2D eigenvalue weighted by atomic mass is 35.5. The Hall–Kier alpha value is -5.34. The zero-order chi connectivity index (χ0) is 39.5. The highest BCUT2D eigenvalue weighted by Crippen LogP contribution is 2.32.